The minimum Gasteiger partial charge on any atom is -0.454 e. The maximum Gasteiger partial charge on any atom is 0.231 e. The molecular formula is C10H13BrClNO3. The van der Waals surface area contributed by atoms with E-state index in [4.69, 9.17) is 20.3 Å². The molecule has 1 aliphatic rings. The van der Waals surface area contributed by atoms with Crippen LogP contribution in [0.5, 0.6) is 11.5 Å². The van der Waals surface area contributed by atoms with Crippen molar-refractivity contribution in [3.63, 3.8) is 0 Å². The average Bonchev–Trinajstić information content (AvgIpc) is 2.63. The van der Waals surface area contributed by atoms with Crippen LogP contribution in [0.4, 0.5) is 0 Å². The first kappa shape index (κ1) is 13.6. The lowest BCUT2D eigenvalue weighted by atomic mass is 10.0. The van der Waals surface area contributed by atoms with Crippen LogP contribution >= 0.6 is 28.3 Å². The van der Waals surface area contributed by atoms with E-state index in [-0.39, 0.29) is 31.8 Å². The number of fused-ring (bicyclic) bond motifs is 1. The number of rotatable bonds is 3. The highest BCUT2D eigenvalue weighted by atomic mass is 79.9. The van der Waals surface area contributed by atoms with Crippen molar-refractivity contribution in [1.29, 1.82) is 0 Å². The van der Waals surface area contributed by atoms with E-state index in [0.29, 0.717) is 12.2 Å². The maximum absolute atomic E-state index is 8.83. The Labute approximate surface area is 108 Å². The molecule has 4 nitrogen and oxygen atoms in total. The third-order valence-electron chi connectivity index (χ3n) is 2.33. The average molecular weight is 311 g/mol. The van der Waals surface area contributed by atoms with Gasteiger partial charge in [-0.3, -0.25) is 0 Å². The van der Waals surface area contributed by atoms with E-state index in [1.54, 1.807) is 0 Å². The molecule has 0 radical (unpaired) electrons. The summed E-state index contributed by atoms with van der Waals surface area (Å²) in [5, 5.41) is 8.83. The quantitative estimate of drug-likeness (QED) is 0.896. The van der Waals surface area contributed by atoms with E-state index in [0.717, 1.165) is 15.8 Å². The first-order chi connectivity index (χ1) is 7.22. The van der Waals surface area contributed by atoms with Gasteiger partial charge in [-0.1, -0.05) is 15.9 Å². The number of ether oxygens (including phenoxy) is 2. The number of aliphatic hydroxyl groups excluding tert-OH is 1. The fourth-order valence-corrected chi connectivity index (χ4v) is 2.13. The molecule has 3 N–H and O–H groups in total. The summed E-state index contributed by atoms with van der Waals surface area (Å²) in [6.07, 6.45) is 0.526. The van der Waals surface area contributed by atoms with Crippen molar-refractivity contribution in [2.75, 3.05) is 13.4 Å². The molecule has 90 valence electrons. The summed E-state index contributed by atoms with van der Waals surface area (Å²) in [5.41, 5.74) is 6.84. The molecule has 2 rings (SSSR count). The van der Waals surface area contributed by atoms with Crippen LogP contribution in [0.2, 0.25) is 0 Å². The van der Waals surface area contributed by atoms with Crippen LogP contribution in [0.15, 0.2) is 16.6 Å². The van der Waals surface area contributed by atoms with Gasteiger partial charge in [0.05, 0.1) is 0 Å². The molecular weight excluding hydrogens is 297 g/mol. The summed E-state index contributed by atoms with van der Waals surface area (Å²) < 4.78 is 11.4. The molecule has 1 aliphatic heterocycles. The number of nitrogens with two attached hydrogens (primary N) is 1. The first-order valence-electron chi connectivity index (χ1n) is 4.68. The molecule has 0 amide bonds. The molecule has 1 aromatic carbocycles. The van der Waals surface area contributed by atoms with Gasteiger partial charge in [0.1, 0.15) is 0 Å². The molecule has 0 aliphatic carbocycles. The second kappa shape index (κ2) is 5.72. The summed E-state index contributed by atoms with van der Waals surface area (Å²) >= 11 is 3.42. The smallest absolute Gasteiger partial charge is 0.231 e. The summed E-state index contributed by atoms with van der Waals surface area (Å²) in [4.78, 5) is 0. The third kappa shape index (κ3) is 2.60. The fraction of sp³-hybridized carbons (Fsp3) is 0.400. The molecule has 0 bridgehead atoms. The van der Waals surface area contributed by atoms with E-state index in [1.807, 2.05) is 12.1 Å². The number of hydrogen-bond acceptors (Lipinski definition) is 4. The summed E-state index contributed by atoms with van der Waals surface area (Å²) in [6, 6.07) is 3.50. The lowest BCUT2D eigenvalue weighted by Crippen LogP contribution is -2.12. The van der Waals surface area contributed by atoms with Crippen LogP contribution in [0.3, 0.4) is 0 Å². The van der Waals surface area contributed by atoms with Crippen LogP contribution in [0.25, 0.3) is 0 Å². The monoisotopic (exact) mass is 309 g/mol. The lowest BCUT2D eigenvalue weighted by Gasteiger charge is -2.13. The van der Waals surface area contributed by atoms with Gasteiger partial charge in [-0.05, 0) is 24.1 Å². The number of benzene rings is 1. The standard InChI is InChI=1S/C10H12BrNO3.ClH/c11-7-4-10-9(14-5-15-10)3-6(7)8(12)1-2-13;/h3-4,8,13H,1-2,5,12H2;1H. The van der Waals surface area contributed by atoms with Gasteiger partial charge in [-0.25, -0.2) is 0 Å². The van der Waals surface area contributed by atoms with E-state index < -0.39 is 0 Å². The normalized spacial score (nSPS) is 14.4. The third-order valence-corrected chi connectivity index (χ3v) is 3.02. The molecule has 0 fully saturated rings. The number of hydrogen-bond donors (Lipinski definition) is 2. The van der Waals surface area contributed by atoms with Gasteiger partial charge >= 0.3 is 0 Å². The highest BCUT2D eigenvalue weighted by molar-refractivity contribution is 9.10. The van der Waals surface area contributed by atoms with Crippen LogP contribution < -0.4 is 15.2 Å². The lowest BCUT2D eigenvalue weighted by molar-refractivity contribution is 0.174. The Balaban J connectivity index is 0.00000128. The largest absolute Gasteiger partial charge is 0.454 e. The Kier molecular flexibility index (Phi) is 4.86. The molecule has 0 saturated carbocycles. The maximum atomic E-state index is 8.83. The molecule has 1 atom stereocenters. The number of halogens is 2. The first-order valence-corrected chi connectivity index (χ1v) is 5.47. The Bertz CT molecular complexity index is 375. The van der Waals surface area contributed by atoms with Crippen molar-refractivity contribution < 1.29 is 14.6 Å². The van der Waals surface area contributed by atoms with Crippen molar-refractivity contribution in [1.82, 2.24) is 0 Å². The van der Waals surface area contributed by atoms with Crippen molar-refractivity contribution in [2.45, 2.75) is 12.5 Å². The molecule has 16 heavy (non-hydrogen) atoms. The molecule has 0 aromatic heterocycles. The highest BCUT2D eigenvalue weighted by Gasteiger charge is 2.18. The molecule has 1 unspecified atom stereocenters. The molecule has 0 spiro atoms. The Hall–Kier alpha value is -0.490. The SMILES string of the molecule is Cl.NC(CCO)c1cc2c(cc1Br)OCO2. The predicted molar refractivity (Wildman–Crippen MR) is 66.1 cm³/mol. The van der Waals surface area contributed by atoms with Crippen molar-refractivity contribution in [3.05, 3.63) is 22.2 Å². The van der Waals surface area contributed by atoms with Crippen molar-refractivity contribution in [2.24, 2.45) is 5.73 Å². The topological polar surface area (TPSA) is 64.7 Å². The minimum atomic E-state index is -0.195. The van der Waals surface area contributed by atoms with E-state index in [1.165, 1.54) is 0 Å². The number of aliphatic hydroxyl groups is 1. The molecule has 1 heterocycles. The zero-order valence-electron chi connectivity index (χ0n) is 8.48. The van der Waals surface area contributed by atoms with E-state index in [2.05, 4.69) is 15.9 Å². The van der Waals surface area contributed by atoms with Crippen LogP contribution in [0, 0.1) is 0 Å². The van der Waals surface area contributed by atoms with Crippen molar-refractivity contribution >= 4 is 28.3 Å². The fourth-order valence-electron chi connectivity index (χ4n) is 1.51. The van der Waals surface area contributed by atoms with Gasteiger partial charge in [0.25, 0.3) is 0 Å². The second-order valence-electron chi connectivity index (χ2n) is 3.35. The Morgan fingerprint density at radius 3 is 2.62 bits per heavy atom. The Morgan fingerprint density at radius 1 is 1.38 bits per heavy atom. The summed E-state index contributed by atoms with van der Waals surface area (Å²) in [6.45, 7) is 0.322. The zero-order chi connectivity index (χ0) is 10.8. The van der Waals surface area contributed by atoms with Gasteiger partial charge in [-0.2, -0.15) is 0 Å². The van der Waals surface area contributed by atoms with Gasteiger partial charge in [0.2, 0.25) is 6.79 Å². The van der Waals surface area contributed by atoms with E-state index >= 15 is 0 Å². The molecule has 6 heteroatoms. The second-order valence-corrected chi connectivity index (χ2v) is 4.20. The van der Waals surface area contributed by atoms with Gasteiger partial charge < -0.3 is 20.3 Å². The van der Waals surface area contributed by atoms with E-state index in [9.17, 15) is 0 Å². The van der Waals surface area contributed by atoms with Gasteiger partial charge in [0.15, 0.2) is 11.5 Å². The molecule has 1 aromatic rings. The van der Waals surface area contributed by atoms with Crippen molar-refractivity contribution in [3.8, 4) is 11.5 Å². The summed E-state index contributed by atoms with van der Waals surface area (Å²) in [7, 11) is 0. The summed E-state index contributed by atoms with van der Waals surface area (Å²) in [5.74, 6) is 1.43. The van der Waals surface area contributed by atoms with Gasteiger partial charge in [0, 0.05) is 17.1 Å². The minimum absolute atomic E-state index is 0. The zero-order valence-corrected chi connectivity index (χ0v) is 10.9. The Morgan fingerprint density at radius 2 is 2.00 bits per heavy atom. The highest BCUT2D eigenvalue weighted by Crippen LogP contribution is 2.38. The van der Waals surface area contributed by atoms with Crippen LogP contribution in [-0.4, -0.2) is 18.5 Å². The van der Waals surface area contributed by atoms with Gasteiger partial charge in [-0.15, -0.1) is 12.4 Å². The predicted octanol–water partition coefficient (Wildman–Crippen LogP) is 1.98. The van der Waals surface area contributed by atoms with Crippen LogP contribution in [0.1, 0.15) is 18.0 Å². The molecule has 0 saturated heterocycles. The van der Waals surface area contributed by atoms with Crippen LogP contribution in [-0.2, 0) is 0 Å².